The lowest BCUT2D eigenvalue weighted by atomic mass is 9.99. The zero-order valence-corrected chi connectivity index (χ0v) is 17.4. The van der Waals surface area contributed by atoms with Gasteiger partial charge in [-0.2, -0.15) is 0 Å². The molecule has 7 N–H and O–H groups in total. The molecule has 0 bridgehead atoms. The normalized spacial score (nSPS) is 17.6. The van der Waals surface area contributed by atoms with Crippen molar-refractivity contribution in [2.24, 2.45) is 17.6 Å². The molecular formula is C18H34N4O6. The van der Waals surface area contributed by atoms with Crippen LogP contribution in [0.5, 0.6) is 0 Å². The number of hydrogen-bond acceptors (Lipinski definition) is 6. The molecule has 0 aromatic rings. The Labute approximate surface area is 165 Å². The maximum absolute atomic E-state index is 12.4. The number of aliphatic hydroxyl groups is 1. The number of carbonyl (C=O) groups excluding carboxylic acids is 3. The molecule has 0 radical (unpaired) electrons. The lowest BCUT2D eigenvalue weighted by Crippen LogP contribution is -2.59. The van der Waals surface area contributed by atoms with Crippen LogP contribution in [0.1, 0.15) is 48.0 Å². The van der Waals surface area contributed by atoms with Crippen molar-refractivity contribution in [2.45, 2.75) is 78.2 Å². The summed E-state index contributed by atoms with van der Waals surface area (Å²) in [6.45, 7) is 9.77. The zero-order valence-electron chi connectivity index (χ0n) is 17.4. The maximum Gasteiger partial charge on any atom is 0.328 e. The van der Waals surface area contributed by atoms with Crippen LogP contribution in [0.25, 0.3) is 0 Å². The van der Waals surface area contributed by atoms with Gasteiger partial charge in [0.05, 0.1) is 12.1 Å². The molecule has 3 amide bonds. The van der Waals surface area contributed by atoms with Crippen LogP contribution in [-0.4, -0.2) is 64.2 Å². The van der Waals surface area contributed by atoms with Gasteiger partial charge >= 0.3 is 5.97 Å². The van der Waals surface area contributed by atoms with E-state index in [-0.39, 0.29) is 11.8 Å². The van der Waals surface area contributed by atoms with Crippen LogP contribution in [-0.2, 0) is 19.2 Å². The van der Waals surface area contributed by atoms with Gasteiger partial charge in [-0.15, -0.1) is 0 Å². The number of amides is 3. The average Bonchev–Trinajstić information content (AvgIpc) is 2.61. The fourth-order valence-electron chi connectivity index (χ4n) is 2.33. The molecule has 0 rings (SSSR count). The number of hydrogen-bond donors (Lipinski definition) is 6. The van der Waals surface area contributed by atoms with Crippen LogP contribution in [0.3, 0.4) is 0 Å². The number of carbonyl (C=O) groups is 4. The van der Waals surface area contributed by atoms with Gasteiger partial charge in [-0.25, -0.2) is 4.79 Å². The van der Waals surface area contributed by atoms with E-state index < -0.39 is 54.0 Å². The molecule has 0 aromatic heterocycles. The first-order chi connectivity index (χ1) is 12.8. The number of carboxylic acid groups (broad SMARTS) is 1. The molecule has 0 aliphatic heterocycles. The van der Waals surface area contributed by atoms with Crippen molar-refractivity contribution in [3.05, 3.63) is 0 Å². The van der Waals surface area contributed by atoms with Crippen LogP contribution < -0.4 is 21.7 Å². The molecule has 0 aliphatic rings. The molecule has 0 saturated heterocycles. The van der Waals surface area contributed by atoms with E-state index in [1.165, 1.54) is 13.8 Å². The molecule has 28 heavy (non-hydrogen) atoms. The minimum absolute atomic E-state index is 0.0575. The summed E-state index contributed by atoms with van der Waals surface area (Å²) in [6, 6.07) is -4.25. The van der Waals surface area contributed by atoms with Gasteiger partial charge in [0.15, 0.2) is 6.04 Å². The number of aliphatic hydroxyl groups excluding tert-OH is 1. The molecule has 0 fully saturated rings. The van der Waals surface area contributed by atoms with E-state index in [4.69, 9.17) is 10.8 Å². The van der Waals surface area contributed by atoms with Crippen molar-refractivity contribution in [1.82, 2.24) is 16.0 Å². The van der Waals surface area contributed by atoms with Gasteiger partial charge in [-0.1, -0.05) is 34.1 Å². The monoisotopic (exact) mass is 402 g/mol. The van der Waals surface area contributed by atoms with E-state index in [1.54, 1.807) is 13.8 Å². The number of nitrogens with two attached hydrogens (primary N) is 1. The van der Waals surface area contributed by atoms with Gasteiger partial charge in [0.2, 0.25) is 17.7 Å². The number of aliphatic carboxylic acids is 1. The van der Waals surface area contributed by atoms with Crippen LogP contribution >= 0.6 is 0 Å². The van der Waals surface area contributed by atoms with Gasteiger partial charge < -0.3 is 31.9 Å². The molecular weight excluding hydrogens is 368 g/mol. The van der Waals surface area contributed by atoms with Gasteiger partial charge in [-0.3, -0.25) is 14.4 Å². The minimum Gasteiger partial charge on any atom is -0.480 e. The van der Waals surface area contributed by atoms with Crippen molar-refractivity contribution < 1.29 is 29.4 Å². The van der Waals surface area contributed by atoms with Crippen molar-refractivity contribution in [1.29, 1.82) is 0 Å². The minimum atomic E-state index is -1.50. The van der Waals surface area contributed by atoms with Crippen molar-refractivity contribution in [3.8, 4) is 0 Å². The van der Waals surface area contributed by atoms with E-state index in [1.807, 2.05) is 13.8 Å². The first-order valence-corrected chi connectivity index (χ1v) is 9.40. The molecule has 6 atom stereocenters. The van der Waals surface area contributed by atoms with Gasteiger partial charge in [-0.05, 0) is 25.7 Å². The summed E-state index contributed by atoms with van der Waals surface area (Å²) in [7, 11) is 0. The third kappa shape index (κ3) is 7.81. The predicted molar refractivity (Wildman–Crippen MR) is 103 cm³/mol. The van der Waals surface area contributed by atoms with Gasteiger partial charge in [0, 0.05) is 0 Å². The molecule has 0 aliphatic carbocycles. The second kappa shape index (κ2) is 11.6. The third-order valence-electron chi connectivity index (χ3n) is 4.60. The highest BCUT2D eigenvalue weighted by molar-refractivity contribution is 5.94. The largest absolute Gasteiger partial charge is 0.480 e. The van der Waals surface area contributed by atoms with Crippen LogP contribution in [0, 0.1) is 11.8 Å². The average molecular weight is 402 g/mol. The highest BCUT2D eigenvalue weighted by Gasteiger charge is 2.32. The third-order valence-corrected chi connectivity index (χ3v) is 4.60. The van der Waals surface area contributed by atoms with E-state index in [2.05, 4.69) is 16.0 Å². The SMILES string of the molecule is CCC(C)C(N)C(=O)NC(C)C(=O)NC(C(=O)NC(C(=O)O)C(C)O)C(C)C. The Morgan fingerprint density at radius 1 is 0.857 bits per heavy atom. The summed E-state index contributed by atoms with van der Waals surface area (Å²) in [4.78, 5) is 48.1. The quantitative estimate of drug-likeness (QED) is 0.256. The van der Waals surface area contributed by atoms with E-state index >= 15 is 0 Å². The van der Waals surface area contributed by atoms with Crippen LogP contribution in [0.2, 0.25) is 0 Å². The second-order valence-electron chi connectivity index (χ2n) is 7.44. The molecule has 162 valence electrons. The molecule has 0 aromatic carbocycles. The van der Waals surface area contributed by atoms with Crippen LogP contribution in [0.4, 0.5) is 0 Å². The number of nitrogens with one attached hydrogen (secondary N) is 3. The van der Waals surface area contributed by atoms with Crippen molar-refractivity contribution in [2.75, 3.05) is 0 Å². The van der Waals surface area contributed by atoms with E-state index in [9.17, 15) is 24.3 Å². The molecule has 0 heterocycles. The maximum atomic E-state index is 12.4. The Balaban J connectivity index is 5.04. The fourth-order valence-corrected chi connectivity index (χ4v) is 2.33. The number of rotatable bonds is 11. The highest BCUT2D eigenvalue weighted by atomic mass is 16.4. The summed E-state index contributed by atoms with van der Waals surface area (Å²) < 4.78 is 0. The smallest absolute Gasteiger partial charge is 0.328 e. The van der Waals surface area contributed by atoms with Crippen molar-refractivity contribution in [3.63, 3.8) is 0 Å². The van der Waals surface area contributed by atoms with E-state index in [0.717, 1.165) is 0 Å². The first kappa shape index (κ1) is 25.8. The standard InChI is InChI=1S/C18H34N4O6/c1-7-9(4)12(19)16(25)20-10(5)15(24)21-13(8(2)3)17(26)22-14(11(6)23)18(27)28/h8-14,23H,7,19H2,1-6H3,(H,20,25)(H,21,24)(H,22,26)(H,27,28). The second-order valence-corrected chi connectivity index (χ2v) is 7.44. The lowest BCUT2D eigenvalue weighted by molar-refractivity contribution is -0.145. The Kier molecular flexibility index (Phi) is 10.7. The number of carboxylic acids is 1. The molecule has 0 spiro atoms. The Morgan fingerprint density at radius 3 is 1.75 bits per heavy atom. The fraction of sp³-hybridized carbons (Fsp3) is 0.778. The summed E-state index contributed by atoms with van der Waals surface area (Å²) >= 11 is 0. The summed E-state index contributed by atoms with van der Waals surface area (Å²) in [5.41, 5.74) is 5.84. The van der Waals surface area contributed by atoms with Gasteiger partial charge in [0.25, 0.3) is 0 Å². The highest BCUT2D eigenvalue weighted by Crippen LogP contribution is 2.07. The summed E-state index contributed by atoms with van der Waals surface area (Å²) in [6.07, 6.45) is -0.607. The van der Waals surface area contributed by atoms with Crippen LogP contribution in [0.15, 0.2) is 0 Å². The summed E-state index contributed by atoms with van der Waals surface area (Å²) in [5.74, 6) is -3.64. The molecule has 6 unspecified atom stereocenters. The Hall–Kier alpha value is -2.20. The summed E-state index contributed by atoms with van der Waals surface area (Å²) in [5, 5.41) is 25.8. The first-order valence-electron chi connectivity index (χ1n) is 9.40. The van der Waals surface area contributed by atoms with Crippen molar-refractivity contribution >= 4 is 23.7 Å². The molecule has 10 heteroatoms. The van der Waals surface area contributed by atoms with E-state index in [0.29, 0.717) is 6.42 Å². The predicted octanol–water partition coefficient (Wildman–Crippen LogP) is -1.04. The van der Waals surface area contributed by atoms with Gasteiger partial charge in [0.1, 0.15) is 12.1 Å². The lowest BCUT2D eigenvalue weighted by Gasteiger charge is -2.27. The topological polar surface area (TPSA) is 171 Å². The molecule has 0 saturated carbocycles. The Morgan fingerprint density at radius 2 is 1.36 bits per heavy atom. The Bertz CT molecular complexity index is 566. The molecule has 10 nitrogen and oxygen atoms in total. The zero-order chi connectivity index (χ0) is 22.2.